The first-order chi connectivity index (χ1) is 12.2. The van der Waals surface area contributed by atoms with Gasteiger partial charge in [-0.3, -0.25) is 4.79 Å². The zero-order valence-corrected chi connectivity index (χ0v) is 14.9. The average molecular weight is 358 g/mol. The Morgan fingerprint density at radius 3 is 2.80 bits per heavy atom. The lowest BCUT2D eigenvalue weighted by Crippen LogP contribution is -2.36. The van der Waals surface area contributed by atoms with Gasteiger partial charge >= 0.3 is 0 Å². The number of morpholine rings is 1. The molecule has 1 aromatic heterocycles. The van der Waals surface area contributed by atoms with E-state index in [1.165, 1.54) is 11.8 Å². The van der Waals surface area contributed by atoms with Gasteiger partial charge in [-0.1, -0.05) is 11.8 Å². The van der Waals surface area contributed by atoms with Gasteiger partial charge in [0.2, 0.25) is 0 Å². The summed E-state index contributed by atoms with van der Waals surface area (Å²) in [4.78, 5) is 21.4. The number of methoxy groups -OCH3 is 1. The van der Waals surface area contributed by atoms with E-state index in [0.717, 1.165) is 18.8 Å². The van der Waals surface area contributed by atoms with Crippen molar-refractivity contribution in [2.24, 2.45) is 0 Å². The number of H-pyrrole nitrogens is 1. The molecule has 8 heteroatoms. The number of benzene rings is 1. The van der Waals surface area contributed by atoms with Crippen molar-refractivity contribution in [3.05, 3.63) is 34.1 Å². The number of nitrogens with zero attached hydrogens (tertiary/aromatic N) is 3. The number of nitriles is 1. The standard InChI is InChI=1S/C17H18N4O3S/c1-23-14-9-11(21-5-7-24-8-6-21)3-4-12(14)15-13(10-18)16(22)20-17(19-15)25-2/h3-4,9H,5-8H2,1-2H3,(H,19,20,22). The van der Waals surface area contributed by atoms with E-state index in [2.05, 4.69) is 14.9 Å². The summed E-state index contributed by atoms with van der Waals surface area (Å²) in [7, 11) is 1.57. The lowest BCUT2D eigenvalue weighted by atomic mass is 10.1. The number of ether oxygens (including phenoxy) is 2. The van der Waals surface area contributed by atoms with Crippen LogP contribution in [0.5, 0.6) is 5.75 Å². The molecule has 0 spiro atoms. The fourth-order valence-electron chi connectivity index (χ4n) is 2.74. The van der Waals surface area contributed by atoms with Crippen molar-refractivity contribution in [3.63, 3.8) is 0 Å². The highest BCUT2D eigenvalue weighted by Crippen LogP contribution is 2.34. The molecule has 2 heterocycles. The zero-order chi connectivity index (χ0) is 17.8. The van der Waals surface area contributed by atoms with E-state index >= 15 is 0 Å². The van der Waals surface area contributed by atoms with Crippen molar-refractivity contribution >= 4 is 17.4 Å². The number of nitrogens with one attached hydrogen (secondary N) is 1. The molecule has 1 aliphatic rings. The molecule has 25 heavy (non-hydrogen) atoms. The fourth-order valence-corrected chi connectivity index (χ4v) is 3.12. The molecule has 1 N–H and O–H groups in total. The summed E-state index contributed by atoms with van der Waals surface area (Å²) in [6.45, 7) is 3.00. The maximum Gasteiger partial charge on any atom is 0.270 e. The van der Waals surface area contributed by atoms with Gasteiger partial charge in [-0.2, -0.15) is 5.26 Å². The molecule has 0 unspecified atom stereocenters. The average Bonchev–Trinajstić information content (AvgIpc) is 2.67. The van der Waals surface area contributed by atoms with Gasteiger partial charge in [-0.05, 0) is 18.4 Å². The number of hydrogen-bond donors (Lipinski definition) is 1. The van der Waals surface area contributed by atoms with E-state index in [4.69, 9.17) is 9.47 Å². The molecule has 2 aromatic rings. The van der Waals surface area contributed by atoms with E-state index in [1.54, 1.807) is 7.11 Å². The molecule has 1 aromatic carbocycles. The predicted molar refractivity (Wildman–Crippen MR) is 96.4 cm³/mol. The minimum Gasteiger partial charge on any atom is -0.496 e. The first kappa shape index (κ1) is 17.3. The quantitative estimate of drug-likeness (QED) is 0.659. The lowest BCUT2D eigenvalue weighted by molar-refractivity contribution is 0.122. The molecule has 1 fully saturated rings. The van der Waals surface area contributed by atoms with Crippen LogP contribution in [0.15, 0.2) is 28.2 Å². The van der Waals surface area contributed by atoms with E-state index in [0.29, 0.717) is 35.4 Å². The van der Waals surface area contributed by atoms with Gasteiger partial charge < -0.3 is 19.4 Å². The highest BCUT2D eigenvalue weighted by atomic mass is 32.2. The van der Waals surface area contributed by atoms with E-state index in [-0.39, 0.29) is 5.56 Å². The van der Waals surface area contributed by atoms with Crippen molar-refractivity contribution in [3.8, 4) is 23.1 Å². The third-order valence-electron chi connectivity index (χ3n) is 4.02. The van der Waals surface area contributed by atoms with Gasteiger partial charge in [0.15, 0.2) is 5.16 Å². The van der Waals surface area contributed by atoms with Crippen LogP contribution < -0.4 is 15.2 Å². The maximum atomic E-state index is 12.1. The van der Waals surface area contributed by atoms with Crippen molar-refractivity contribution in [2.45, 2.75) is 5.16 Å². The van der Waals surface area contributed by atoms with Crippen LogP contribution in [0.25, 0.3) is 11.3 Å². The highest BCUT2D eigenvalue weighted by Gasteiger charge is 2.19. The number of hydrogen-bond acceptors (Lipinski definition) is 7. The molecular formula is C17H18N4O3S. The second-order valence-corrected chi connectivity index (χ2v) is 6.19. The summed E-state index contributed by atoms with van der Waals surface area (Å²) in [5.74, 6) is 0.575. The van der Waals surface area contributed by atoms with Crippen molar-refractivity contribution in [1.29, 1.82) is 5.26 Å². The Bertz CT molecular complexity index is 869. The largest absolute Gasteiger partial charge is 0.496 e. The topological polar surface area (TPSA) is 91.2 Å². The van der Waals surface area contributed by atoms with Crippen molar-refractivity contribution < 1.29 is 9.47 Å². The van der Waals surface area contributed by atoms with Crippen LogP contribution in [-0.2, 0) is 4.74 Å². The van der Waals surface area contributed by atoms with Gasteiger partial charge in [-0.15, -0.1) is 0 Å². The minimum atomic E-state index is -0.448. The van der Waals surface area contributed by atoms with E-state index in [1.807, 2.05) is 30.5 Å². The summed E-state index contributed by atoms with van der Waals surface area (Å²) < 4.78 is 10.9. The van der Waals surface area contributed by atoms with Gasteiger partial charge in [0.05, 0.1) is 20.3 Å². The molecular weight excluding hydrogens is 340 g/mol. The van der Waals surface area contributed by atoms with Crippen LogP contribution in [-0.4, -0.2) is 49.6 Å². The molecule has 1 aliphatic heterocycles. The summed E-state index contributed by atoms with van der Waals surface area (Å²) in [5.41, 5.74) is 1.50. The van der Waals surface area contributed by atoms with Gasteiger partial charge in [0.25, 0.3) is 5.56 Å². The molecule has 0 amide bonds. The zero-order valence-electron chi connectivity index (χ0n) is 14.0. The SMILES string of the molecule is COc1cc(N2CCOCC2)ccc1-c1nc(SC)[nH]c(=O)c1C#N. The summed E-state index contributed by atoms with van der Waals surface area (Å²) in [6.07, 6.45) is 1.81. The van der Waals surface area contributed by atoms with Crippen LogP contribution in [0.1, 0.15) is 5.56 Å². The third kappa shape index (κ3) is 3.48. The molecule has 0 bridgehead atoms. The number of aromatic nitrogens is 2. The highest BCUT2D eigenvalue weighted by molar-refractivity contribution is 7.98. The Morgan fingerprint density at radius 1 is 1.40 bits per heavy atom. The second-order valence-electron chi connectivity index (χ2n) is 5.39. The van der Waals surface area contributed by atoms with Crippen LogP contribution in [0, 0.1) is 11.3 Å². The smallest absolute Gasteiger partial charge is 0.270 e. The number of anilines is 1. The monoisotopic (exact) mass is 358 g/mol. The Hall–Kier alpha value is -2.50. The number of thioether (sulfide) groups is 1. The Balaban J connectivity index is 2.10. The predicted octanol–water partition coefficient (Wildman–Crippen LogP) is 1.88. The summed E-state index contributed by atoms with van der Waals surface area (Å²) in [6, 6.07) is 7.65. The van der Waals surface area contributed by atoms with Gasteiger partial charge in [-0.25, -0.2) is 4.98 Å². The molecule has 3 rings (SSSR count). The Labute approximate surface area is 149 Å². The minimum absolute atomic E-state index is 0.0183. The molecule has 0 radical (unpaired) electrons. The molecule has 0 atom stereocenters. The van der Waals surface area contributed by atoms with Crippen molar-refractivity contribution in [1.82, 2.24) is 9.97 Å². The van der Waals surface area contributed by atoms with Crippen LogP contribution in [0.2, 0.25) is 0 Å². The fraction of sp³-hybridized carbons (Fsp3) is 0.353. The molecule has 0 saturated carbocycles. The Kier molecular flexibility index (Phi) is 5.26. The lowest BCUT2D eigenvalue weighted by Gasteiger charge is -2.29. The van der Waals surface area contributed by atoms with E-state index in [9.17, 15) is 10.1 Å². The van der Waals surface area contributed by atoms with Crippen LogP contribution >= 0.6 is 11.8 Å². The second kappa shape index (κ2) is 7.59. The third-order valence-corrected chi connectivity index (χ3v) is 4.60. The molecule has 1 saturated heterocycles. The number of rotatable bonds is 4. The molecule has 130 valence electrons. The van der Waals surface area contributed by atoms with Crippen LogP contribution in [0.3, 0.4) is 0 Å². The van der Waals surface area contributed by atoms with Crippen LogP contribution in [0.4, 0.5) is 5.69 Å². The summed E-state index contributed by atoms with van der Waals surface area (Å²) in [5, 5.41) is 9.82. The van der Waals surface area contributed by atoms with E-state index < -0.39 is 5.56 Å². The maximum absolute atomic E-state index is 12.1. The normalized spacial score (nSPS) is 14.2. The van der Waals surface area contributed by atoms with Crippen molar-refractivity contribution in [2.75, 3.05) is 44.6 Å². The molecule has 0 aliphatic carbocycles. The van der Waals surface area contributed by atoms with Gasteiger partial charge in [0, 0.05) is 30.4 Å². The Morgan fingerprint density at radius 2 is 2.16 bits per heavy atom. The first-order valence-corrected chi connectivity index (χ1v) is 9.00. The molecule has 7 nitrogen and oxygen atoms in total. The first-order valence-electron chi connectivity index (χ1n) is 7.77. The summed E-state index contributed by atoms with van der Waals surface area (Å²) >= 11 is 1.31. The van der Waals surface area contributed by atoms with Gasteiger partial charge in [0.1, 0.15) is 23.1 Å². The number of aromatic amines is 1.